The van der Waals surface area contributed by atoms with E-state index in [4.69, 9.17) is 10.6 Å². The molecule has 0 fully saturated rings. The minimum atomic E-state index is -0.212. The normalized spacial score (nSPS) is 13.5. The number of nitrogens with zero attached hydrogens (tertiary/aromatic N) is 1. The Morgan fingerprint density at radius 2 is 2.00 bits per heavy atom. The maximum Gasteiger partial charge on any atom is 0.129 e. The minimum absolute atomic E-state index is 0.212. The molecule has 0 rings (SSSR count). The van der Waals surface area contributed by atoms with Crippen LogP contribution in [0.4, 0.5) is 0 Å². The van der Waals surface area contributed by atoms with Crippen LogP contribution in [0.15, 0.2) is 5.16 Å². The van der Waals surface area contributed by atoms with Crippen molar-refractivity contribution in [2.75, 3.05) is 6.54 Å². The number of hydrogen-bond donors (Lipinski definition) is 1. The largest absolute Gasteiger partial charge is 0.390 e. The van der Waals surface area contributed by atoms with Crippen LogP contribution >= 0.6 is 0 Å². The fraction of sp³-hybridized carbons (Fsp3) is 0.857. The summed E-state index contributed by atoms with van der Waals surface area (Å²) in [5, 5.41) is 3.81. The molecule has 0 spiro atoms. The lowest BCUT2D eigenvalue weighted by Gasteiger charge is -2.15. The van der Waals surface area contributed by atoms with E-state index >= 15 is 0 Å². The van der Waals surface area contributed by atoms with Crippen LogP contribution in [0.3, 0.4) is 0 Å². The van der Waals surface area contributed by atoms with E-state index in [1.54, 1.807) is 0 Å². The van der Waals surface area contributed by atoms with E-state index in [1.165, 1.54) is 0 Å². The first-order valence-corrected chi connectivity index (χ1v) is 3.37. The van der Waals surface area contributed by atoms with Crippen LogP contribution in [-0.2, 0) is 4.84 Å². The van der Waals surface area contributed by atoms with Gasteiger partial charge in [0.15, 0.2) is 0 Å². The van der Waals surface area contributed by atoms with Crippen molar-refractivity contribution >= 4 is 5.71 Å². The highest BCUT2D eigenvalue weighted by molar-refractivity contribution is 5.83. The summed E-state index contributed by atoms with van der Waals surface area (Å²) in [5.74, 6) is 0. The zero-order valence-corrected chi connectivity index (χ0v) is 7.14. The van der Waals surface area contributed by atoms with Crippen molar-refractivity contribution in [2.24, 2.45) is 10.9 Å². The van der Waals surface area contributed by atoms with Gasteiger partial charge in [0.25, 0.3) is 0 Å². The first-order chi connectivity index (χ1) is 4.45. The van der Waals surface area contributed by atoms with Crippen LogP contribution in [-0.4, -0.2) is 17.9 Å². The predicted molar refractivity (Wildman–Crippen MR) is 43.0 cm³/mol. The number of oxime groups is 1. The standard InChI is InChI=1S/C7H16N2O/c1-6(5-8)9-10-7(2,3)4/h5,8H2,1-4H3/b9-6+. The molecule has 60 valence electrons. The van der Waals surface area contributed by atoms with Gasteiger partial charge in [-0.15, -0.1) is 0 Å². The molecular formula is C7H16N2O. The second-order valence-electron chi connectivity index (χ2n) is 3.23. The smallest absolute Gasteiger partial charge is 0.129 e. The lowest BCUT2D eigenvalue weighted by Crippen LogP contribution is -2.18. The molecule has 3 heteroatoms. The number of nitrogens with two attached hydrogens (primary N) is 1. The second kappa shape index (κ2) is 3.56. The Labute approximate surface area is 62.2 Å². The van der Waals surface area contributed by atoms with Gasteiger partial charge in [0, 0.05) is 6.54 Å². The monoisotopic (exact) mass is 144 g/mol. The average molecular weight is 144 g/mol. The first kappa shape index (κ1) is 9.43. The Hall–Kier alpha value is -0.570. The Bertz CT molecular complexity index is 124. The molecule has 0 aliphatic rings. The molecule has 0 unspecified atom stereocenters. The highest BCUT2D eigenvalue weighted by Gasteiger charge is 2.09. The fourth-order valence-corrected chi connectivity index (χ4v) is 0.252. The molecule has 0 aliphatic carbocycles. The molecule has 0 heterocycles. The van der Waals surface area contributed by atoms with E-state index in [-0.39, 0.29) is 5.60 Å². The summed E-state index contributed by atoms with van der Waals surface area (Å²) in [6.45, 7) is 8.13. The highest BCUT2D eigenvalue weighted by atomic mass is 16.6. The molecule has 0 saturated carbocycles. The van der Waals surface area contributed by atoms with Crippen LogP contribution < -0.4 is 5.73 Å². The molecule has 0 saturated heterocycles. The van der Waals surface area contributed by atoms with Gasteiger partial charge in [-0.05, 0) is 27.7 Å². The third-order valence-electron chi connectivity index (χ3n) is 0.771. The molecule has 10 heavy (non-hydrogen) atoms. The van der Waals surface area contributed by atoms with Gasteiger partial charge in [-0.3, -0.25) is 0 Å². The van der Waals surface area contributed by atoms with Crippen molar-refractivity contribution in [3.8, 4) is 0 Å². The molecular weight excluding hydrogens is 128 g/mol. The Balaban J connectivity index is 3.73. The lowest BCUT2D eigenvalue weighted by molar-refractivity contribution is 0.000643. The summed E-state index contributed by atoms with van der Waals surface area (Å²) in [5.41, 5.74) is 5.89. The molecule has 0 aromatic rings. The molecule has 2 N–H and O–H groups in total. The topological polar surface area (TPSA) is 47.6 Å². The SMILES string of the molecule is C/C(CN)=N\OC(C)(C)C. The summed E-state index contributed by atoms with van der Waals surface area (Å²) >= 11 is 0. The van der Waals surface area contributed by atoms with Gasteiger partial charge in [-0.25, -0.2) is 0 Å². The minimum Gasteiger partial charge on any atom is -0.390 e. The van der Waals surface area contributed by atoms with Crippen molar-refractivity contribution in [3.05, 3.63) is 0 Å². The Kier molecular flexibility index (Phi) is 3.36. The number of hydrogen-bond acceptors (Lipinski definition) is 3. The molecule has 0 atom stereocenters. The van der Waals surface area contributed by atoms with Gasteiger partial charge in [0.05, 0.1) is 5.71 Å². The van der Waals surface area contributed by atoms with Crippen molar-refractivity contribution in [2.45, 2.75) is 33.3 Å². The average Bonchev–Trinajstić information content (AvgIpc) is 1.81. The Morgan fingerprint density at radius 3 is 2.30 bits per heavy atom. The van der Waals surface area contributed by atoms with Gasteiger partial charge in [-0.2, -0.15) is 0 Å². The van der Waals surface area contributed by atoms with Crippen LogP contribution in [0.25, 0.3) is 0 Å². The summed E-state index contributed by atoms with van der Waals surface area (Å²) in [4.78, 5) is 5.09. The second-order valence-corrected chi connectivity index (χ2v) is 3.23. The van der Waals surface area contributed by atoms with Gasteiger partial charge < -0.3 is 10.6 Å². The maximum atomic E-state index is 5.29. The van der Waals surface area contributed by atoms with Crippen molar-refractivity contribution in [3.63, 3.8) is 0 Å². The zero-order chi connectivity index (χ0) is 8.20. The summed E-state index contributed by atoms with van der Waals surface area (Å²) in [7, 11) is 0. The predicted octanol–water partition coefficient (Wildman–Crippen LogP) is 1.14. The third-order valence-corrected chi connectivity index (χ3v) is 0.771. The molecule has 3 nitrogen and oxygen atoms in total. The molecule has 0 bridgehead atoms. The molecule has 0 radical (unpaired) electrons. The summed E-state index contributed by atoms with van der Waals surface area (Å²) in [6.07, 6.45) is 0. The quantitative estimate of drug-likeness (QED) is 0.466. The molecule has 0 aliphatic heterocycles. The number of rotatable bonds is 2. The van der Waals surface area contributed by atoms with Crippen molar-refractivity contribution < 1.29 is 4.84 Å². The lowest BCUT2D eigenvalue weighted by atomic mass is 10.2. The third kappa shape index (κ3) is 5.56. The molecule has 0 aromatic heterocycles. The van der Waals surface area contributed by atoms with Crippen LogP contribution in [0.2, 0.25) is 0 Å². The zero-order valence-electron chi connectivity index (χ0n) is 7.14. The first-order valence-electron chi connectivity index (χ1n) is 3.37. The van der Waals surface area contributed by atoms with Crippen LogP contribution in [0.5, 0.6) is 0 Å². The van der Waals surface area contributed by atoms with Crippen LogP contribution in [0.1, 0.15) is 27.7 Å². The van der Waals surface area contributed by atoms with E-state index < -0.39 is 0 Å². The van der Waals surface area contributed by atoms with Gasteiger partial charge in [-0.1, -0.05) is 5.16 Å². The van der Waals surface area contributed by atoms with E-state index in [9.17, 15) is 0 Å². The van der Waals surface area contributed by atoms with Gasteiger partial charge in [0.2, 0.25) is 0 Å². The highest BCUT2D eigenvalue weighted by Crippen LogP contribution is 2.06. The van der Waals surface area contributed by atoms with E-state index in [1.807, 2.05) is 27.7 Å². The maximum absolute atomic E-state index is 5.29. The van der Waals surface area contributed by atoms with E-state index in [2.05, 4.69) is 5.16 Å². The van der Waals surface area contributed by atoms with Gasteiger partial charge >= 0.3 is 0 Å². The van der Waals surface area contributed by atoms with Gasteiger partial charge in [0.1, 0.15) is 5.60 Å². The fourth-order valence-electron chi connectivity index (χ4n) is 0.252. The summed E-state index contributed by atoms with van der Waals surface area (Å²) < 4.78 is 0. The summed E-state index contributed by atoms with van der Waals surface area (Å²) in [6, 6.07) is 0. The molecule has 0 aromatic carbocycles. The van der Waals surface area contributed by atoms with E-state index in [0.717, 1.165) is 5.71 Å². The molecule has 0 amide bonds. The van der Waals surface area contributed by atoms with Crippen LogP contribution in [0, 0.1) is 0 Å². The van der Waals surface area contributed by atoms with E-state index in [0.29, 0.717) is 6.54 Å². The van der Waals surface area contributed by atoms with Crippen molar-refractivity contribution in [1.82, 2.24) is 0 Å². The Morgan fingerprint density at radius 1 is 1.50 bits per heavy atom. The van der Waals surface area contributed by atoms with Crippen molar-refractivity contribution in [1.29, 1.82) is 0 Å².